The monoisotopic (exact) mass is 434 g/mol. The molecule has 4 rings (SSSR count). The zero-order valence-electron chi connectivity index (χ0n) is 16.0. The number of benzene rings is 3. The molecule has 0 aliphatic heterocycles. The van der Waals surface area contributed by atoms with Crippen LogP contribution in [0.15, 0.2) is 84.2 Å². The molecule has 1 N–H and O–H groups in total. The molecule has 4 nitrogen and oxygen atoms in total. The summed E-state index contributed by atoms with van der Waals surface area (Å²) in [6.07, 6.45) is 0.536. The van der Waals surface area contributed by atoms with E-state index in [4.69, 9.17) is 16.3 Å². The third-order valence-corrected chi connectivity index (χ3v) is 5.50. The number of thiazole rings is 1. The third kappa shape index (κ3) is 5.26. The van der Waals surface area contributed by atoms with Gasteiger partial charge in [-0.3, -0.25) is 4.79 Å². The molecule has 1 heterocycles. The Bertz CT molecular complexity index is 1130. The van der Waals surface area contributed by atoms with Gasteiger partial charge >= 0.3 is 0 Å². The largest absolute Gasteiger partial charge is 0.489 e. The molecule has 0 radical (unpaired) electrons. The molecule has 4 aromatic rings. The Morgan fingerprint density at radius 1 is 1.00 bits per heavy atom. The molecule has 0 aliphatic carbocycles. The van der Waals surface area contributed by atoms with E-state index in [0.717, 1.165) is 27.6 Å². The molecule has 0 unspecified atom stereocenters. The molecule has 0 aliphatic rings. The number of ether oxygens (including phenoxy) is 1. The maximum Gasteiger partial charge on any atom is 0.275 e. The standard InChI is InChI=1S/C24H19ClN2O2S/c25-19-11-12-22(29-15-17-7-3-1-4-8-17)18(13-19)14-23-27-21(16-30-23)24(28)26-20-9-5-2-6-10-20/h1-13,16H,14-15H2,(H,26,28). The van der Waals surface area contributed by atoms with Crippen LogP contribution in [-0.2, 0) is 13.0 Å². The van der Waals surface area contributed by atoms with Crippen LogP contribution in [0.4, 0.5) is 5.69 Å². The van der Waals surface area contributed by atoms with Gasteiger partial charge in [0.05, 0.1) is 5.01 Å². The van der Waals surface area contributed by atoms with Crippen LogP contribution in [0.25, 0.3) is 0 Å². The van der Waals surface area contributed by atoms with Crippen molar-refractivity contribution < 1.29 is 9.53 Å². The van der Waals surface area contributed by atoms with Gasteiger partial charge in [0.1, 0.15) is 18.1 Å². The van der Waals surface area contributed by atoms with Crippen LogP contribution >= 0.6 is 22.9 Å². The number of rotatable bonds is 7. The lowest BCUT2D eigenvalue weighted by Crippen LogP contribution is -2.12. The van der Waals surface area contributed by atoms with E-state index in [1.807, 2.05) is 78.9 Å². The van der Waals surface area contributed by atoms with E-state index in [2.05, 4.69) is 10.3 Å². The minimum atomic E-state index is -0.227. The van der Waals surface area contributed by atoms with Gasteiger partial charge < -0.3 is 10.1 Å². The average molecular weight is 435 g/mol. The fourth-order valence-electron chi connectivity index (χ4n) is 2.94. The minimum absolute atomic E-state index is 0.227. The highest BCUT2D eigenvalue weighted by molar-refractivity contribution is 7.09. The van der Waals surface area contributed by atoms with Crippen molar-refractivity contribution in [3.05, 3.63) is 111 Å². The van der Waals surface area contributed by atoms with Crippen LogP contribution < -0.4 is 10.1 Å². The average Bonchev–Trinajstić information content (AvgIpc) is 3.23. The number of halogens is 1. The lowest BCUT2D eigenvalue weighted by Gasteiger charge is -2.11. The number of para-hydroxylation sites is 1. The van der Waals surface area contributed by atoms with E-state index >= 15 is 0 Å². The Kier molecular flexibility index (Phi) is 6.42. The number of hydrogen-bond donors (Lipinski definition) is 1. The van der Waals surface area contributed by atoms with E-state index in [9.17, 15) is 4.79 Å². The van der Waals surface area contributed by atoms with E-state index < -0.39 is 0 Å². The van der Waals surface area contributed by atoms with Crippen molar-refractivity contribution in [1.29, 1.82) is 0 Å². The fraction of sp³-hybridized carbons (Fsp3) is 0.0833. The molecule has 0 spiro atoms. The molecule has 150 valence electrons. The summed E-state index contributed by atoms with van der Waals surface area (Å²) in [7, 11) is 0. The summed E-state index contributed by atoms with van der Waals surface area (Å²) in [5.41, 5.74) is 3.16. The maximum absolute atomic E-state index is 12.4. The Morgan fingerprint density at radius 3 is 2.50 bits per heavy atom. The number of amides is 1. The first-order valence-electron chi connectivity index (χ1n) is 9.43. The molecule has 1 aromatic heterocycles. The van der Waals surface area contributed by atoms with Crippen molar-refractivity contribution in [2.75, 3.05) is 5.32 Å². The van der Waals surface area contributed by atoms with E-state index in [0.29, 0.717) is 23.7 Å². The fourth-order valence-corrected chi connectivity index (χ4v) is 3.93. The lowest BCUT2D eigenvalue weighted by molar-refractivity contribution is 0.102. The SMILES string of the molecule is O=C(Nc1ccccc1)c1csc(Cc2cc(Cl)ccc2OCc2ccccc2)n1. The number of carbonyl (C=O) groups is 1. The topological polar surface area (TPSA) is 51.2 Å². The van der Waals surface area contributed by atoms with Crippen LogP contribution in [0.3, 0.4) is 0 Å². The molecule has 0 saturated carbocycles. The van der Waals surface area contributed by atoms with E-state index in [1.165, 1.54) is 11.3 Å². The molecule has 1 amide bonds. The zero-order valence-corrected chi connectivity index (χ0v) is 17.6. The first-order chi connectivity index (χ1) is 14.7. The van der Waals surface area contributed by atoms with Crippen LogP contribution in [-0.4, -0.2) is 10.9 Å². The first kappa shape index (κ1) is 20.1. The molecular formula is C24H19ClN2O2S. The smallest absolute Gasteiger partial charge is 0.275 e. The van der Waals surface area contributed by atoms with Crippen molar-refractivity contribution >= 4 is 34.5 Å². The van der Waals surface area contributed by atoms with Crippen LogP contribution in [0.1, 0.15) is 26.6 Å². The van der Waals surface area contributed by atoms with Gasteiger partial charge in [-0.05, 0) is 35.9 Å². The summed E-state index contributed by atoms with van der Waals surface area (Å²) in [5.74, 6) is 0.532. The second kappa shape index (κ2) is 9.57. The molecular weight excluding hydrogens is 416 g/mol. The normalized spacial score (nSPS) is 10.6. The molecule has 30 heavy (non-hydrogen) atoms. The summed E-state index contributed by atoms with van der Waals surface area (Å²) in [6, 6.07) is 24.9. The van der Waals surface area contributed by atoms with Gasteiger partial charge in [0, 0.05) is 28.1 Å². The van der Waals surface area contributed by atoms with E-state index in [1.54, 1.807) is 5.38 Å². The summed E-state index contributed by atoms with van der Waals surface area (Å²) in [5, 5.41) is 6.07. The third-order valence-electron chi connectivity index (χ3n) is 4.42. The van der Waals surface area contributed by atoms with Gasteiger partial charge in [0.25, 0.3) is 5.91 Å². The summed E-state index contributed by atoms with van der Waals surface area (Å²) < 4.78 is 6.02. The van der Waals surface area contributed by atoms with Crippen LogP contribution in [0, 0.1) is 0 Å². The second-order valence-corrected chi connectivity index (χ2v) is 8.03. The van der Waals surface area contributed by atoms with Crippen molar-refractivity contribution in [3.63, 3.8) is 0 Å². The van der Waals surface area contributed by atoms with Crippen molar-refractivity contribution in [2.24, 2.45) is 0 Å². The Balaban J connectivity index is 1.46. The van der Waals surface area contributed by atoms with Gasteiger partial charge in [-0.25, -0.2) is 4.98 Å². The van der Waals surface area contributed by atoms with Gasteiger partial charge in [-0.1, -0.05) is 60.1 Å². The highest BCUT2D eigenvalue weighted by Crippen LogP contribution is 2.27. The van der Waals surface area contributed by atoms with Crippen molar-refractivity contribution in [2.45, 2.75) is 13.0 Å². The quantitative estimate of drug-likeness (QED) is 0.375. The van der Waals surface area contributed by atoms with E-state index in [-0.39, 0.29) is 5.91 Å². The second-order valence-electron chi connectivity index (χ2n) is 6.65. The van der Waals surface area contributed by atoms with Crippen molar-refractivity contribution in [3.8, 4) is 5.75 Å². The molecule has 0 atom stereocenters. The summed E-state index contributed by atoms with van der Waals surface area (Å²) in [6.45, 7) is 0.470. The van der Waals surface area contributed by atoms with Crippen LogP contribution in [0.5, 0.6) is 5.75 Å². The number of carbonyl (C=O) groups excluding carboxylic acids is 1. The predicted octanol–water partition coefficient (Wildman–Crippen LogP) is 6.22. The molecule has 0 fully saturated rings. The Labute approximate surface area is 184 Å². The number of aromatic nitrogens is 1. The summed E-state index contributed by atoms with van der Waals surface area (Å²) in [4.78, 5) is 16.9. The number of nitrogens with one attached hydrogen (secondary N) is 1. The van der Waals surface area contributed by atoms with Gasteiger partial charge in [0.2, 0.25) is 0 Å². The number of hydrogen-bond acceptors (Lipinski definition) is 4. The number of anilines is 1. The highest BCUT2D eigenvalue weighted by Gasteiger charge is 2.14. The Morgan fingerprint density at radius 2 is 1.73 bits per heavy atom. The Hall–Kier alpha value is -3.15. The van der Waals surface area contributed by atoms with Crippen molar-refractivity contribution in [1.82, 2.24) is 4.98 Å². The molecule has 6 heteroatoms. The zero-order chi connectivity index (χ0) is 20.8. The maximum atomic E-state index is 12.4. The molecule has 3 aromatic carbocycles. The molecule has 0 saturated heterocycles. The van der Waals surface area contributed by atoms with Gasteiger partial charge in [-0.15, -0.1) is 11.3 Å². The molecule has 0 bridgehead atoms. The minimum Gasteiger partial charge on any atom is -0.489 e. The van der Waals surface area contributed by atoms with Gasteiger partial charge in [-0.2, -0.15) is 0 Å². The van der Waals surface area contributed by atoms with Crippen LogP contribution in [0.2, 0.25) is 5.02 Å². The number of nitrogens with zero attached hydrogens (tertiary/aromatic N) is 1. The predicted molar refractivity (Wildman–Crippen MR) is 122 cm³/mol. The highest BCUT2D eigenvalue weighted by atomic mass is 35.5. The lowest BCUT2D eigenvalue weighted by atomic mass is 10.1. The first-order valence-corrected chi connectivity index (χ1v) is 10.7. The van der Waals surface area contributed by atoms with Gasteiger partial charge in [0.15, 0.2) is 0 Å². The summed E-state index contributed by atoms with van der Waals surface area (Å²) >= 11 is 7.65.